The van der Waals surface area contributed by atoms with Gasteiger partial charge in [-0.15, -0.1) is 12.4 Å². The molecule has 0 aliphatic rings. The van der Waals surface area contributed by atoms with Crippen LogP contribution in [0.1, 0.15) is 13.3 Å². The Morgan fingerprint density at radius 3 is 1.89 bits per heavy atom. The molecule has 0 aromatic heterocycles. The zero-order valence-corrected chi connectivity index (χ0v) is 7.11. The number of hydrogen-bond acceptors (Lipinski definition) is 2. The molecule has 2 nitrogen and oxygen atoms in total. The Hall–Kier alpha value is 0.210. The second-order valence-electron chi connectivity index (χ2n) is 2.21. The van der Waals surface area contributed by atoms with Crippen LogP contribution in [0, 0.1) is 0 Å². The highest BCUT2D eigenvalue weighted by molar-refractivity contribution is 5.85. The van der Waals surface area contributed by atoms with Gasteiger partial charge in [0.05, 0.1) is 6.61 Å². The zero-order chi connectivity index (χ0) is 6.57. The Morgan fingerprint density at radius 1 is 1.44 bits per heavy atom. The van der Waals surface area contributed by atoms with Crippen molar-refractivity contribution in [1.82, 2.24) is 4.90 Å². The van der Waals surface area contributed by atoms with Crippen molar-refractivity contribution in [3.05, 3.63) is 0 Å². The van der Waals surface area contributed by atoms with Gasteiger partial charge in [0.15, 0.2) is 0 Å². The van der Waals surface area contributed by atoms with Gasteiger partial charge < -0.3 is 10.0 Å². The predicted molar refractivity (Wildman–Crippen MR) is 42.1 cm³/mol. The van der Waals surface area contributed by atoms with E-state index in [0.717, 1.165) is 6.42 Å². The lowest BCUT2D eigenvalue weighted by Gasteiger charge is -2.19. The SMILES string of the molecule is CC[C@H](CO)N(C)C.Cl. The van der Waals surface area contributed by atoms with Crippen molar-refractivity contribution >= 4 is 12.4 Å². The fourth-order valence-corrected chi connectivity index (χ4v) is 0.658. The second kappa shape index (κ2) is 6.33. The first-order valence-electron chi connectivity index (χ1n) is 2.99. The summed E-state index contributed by atoms with van der Waals surface area (Å²) in [7, 11) is 3.95. The maximum atomic E-state index is 8.65. The van der Waals surface area contributed by atoms with E-state index in [4.69, 9.17) is 5.11 Å². The highest BCUT2D eigenvalue weighted by Gasteiger charge is 2.04. The predicted octanol–water partition coefficient (Wildman–Crippen LogP) is 0.741. The Labute approximate surface area is 63.3 Å². The van der Waals surface area contributed by atoms with E-state index in [1.54, 1.807) is 0 Å². The first-order chi connectivity index (χ1) is 3.72. The summed E-state index contributed by atoms with van der Waals surface area (Å²) in [6.45, 7) is 2.34. The van der Waals surface area contributed by atoms with E-state index in [0.29, 0.717) is 6.04 Å². The number of likely N-dealkylation sites (N-methyl/N-ethyl adjacent to an activating group) is 1. The lowest BCUT2D eigenvalue weighted by molar-refractivity contribution is 0.166. The Bertz CT molecular complexity index is 55.0. The van der Waals surface area contributed by atoms with Crippen LogP contribution in [0.5, 0.6) is 0 Å². The summed E-state index contributed by atoms with van der Waals surface area (Å²) >= 11 is 0. The third-order valence-electron chi connectivity index (χ3n) is 1.41. The molecule has 1 N–H and O–H groups in total. The van der Waals surface area contributed by atoms with Crippen LogP contribution < -0.4 is 0 Å². The molecule has 0 aliphatic carbocycles. The molecule has 0 aliphatic heterocycles. The third kappa shape index (κ3) is 4.70. The van der Waals surface area contributed by atoms with Crippen molar-refractivity contribution in [2.75, 3.05) is 20.7 Å². The highest BCUT2D eigenvalue weighted by Crippen LogP contribution is 1.95. The van der Waals surface area contributed by atoms with Gasteiger partial charge in [-0.3, -0.25) is 0 Å². The first-order valence-corrected chi connectivity index (χ1v) is 2.99. The number of halogens is 1. The van der Waals surface area contributed by atoms with Crippen molar-refractivity contribution in [3.63, 3.8) is 0 Å². The average Bonchev–Trinajstić information content (AvgIpc) is 1.69. The molecule has 0 fully saturated rings. The Morgan fingerprint density at radius 2 is 1.89 bits per heavy atom. The molecule has 0 aromatic rings. The van der Waals surface area contributed by atoms with Gasteiger partial charge in [-0.25, -0.2) is 0 Å². The molecule has 9 heavy (non-hydrogen) atoms. The molecular formula is C6H16ClNO. The summed E-state index contributed by atoms with van der Waals surface area (Å²) in [5, 5.41) is 8.65. The number of rotatable bonds is 3. The maximum Gasteiger partial charge on any atom is 0.0586 e. The van der Waals surface area contributed by atoms with Crippen LogP contribution in [0.4, 0.5) is 0 Å². The van der Waals surface area contributed by atoms with Crippen molar-refractivity contribution < 1.29 is 5.11 Å². The fraction of sp³-hybridized carbons (Fsp3) is 1.00. The molecule has 0 radical (unpaired) electrons. The summed E-state index contributed by atoms with van der Waals surface area (Å²) < 4.78 is 0. The molecule has 0 heterocycles. The van der Waals surface area contributed by atoms with Gasteiger partial charge in [0, 0.05) is 6.04 Å². The highest BCUT2D eigenvalue weighted by atomic mass is 35.5. The molecule has 0 saturated carbocycles. The monoisotopic (exact) mass is 153 g/mol. The second-order valence-corrected chi connectivity index (χ2v) is 2.21. The van der Waals surface area contributed by atoms with Crippen molar-refractivity contribution in [1.29, 1.82) is 0 Å². The van der Waals surface area contributed by atoms with Crippen molar-refractivity contribution in [2.24, 2.45) is 0 Å². The molecule has 3 heteroatoms. The van der Waals surface area contributed by atoms with E-state index in [2.05, 4.69) is 6.92 Å². The first kappa shape index (κ1) is 11.9. The Balaban J connectivity index is 0. The quantitative estimate of drug-likeness (QED) is 0.647. The molecule has 0 unspecified atom stereocenters. The maximum absolute atomic E-state index is 8.65. The fourth-order valence-electron chi connectivity index (χ4n) is 0.658. The average molecular weight is 154 g/mol. The van der Waals surface area contributed by atoms with Gasteiger partial charge in [-0.05, 0) is 20.5 Å². The van der Waals surface area contributed by atoms with Crippen LogP contribution in [0.15, 0.2) is 0 Å². The molecule has 0 bridgehead atoms. The summed E-state index contributed by atoms with van der Waals surface area (Å²) in [5.74, 6) is 0. The number of hydrogen-bond donors (Lipinski definition) is 1. The molecule has 0 spiro atoms. The van der Waals surface area contributed by atoms with E-state index < -0.39 is 0 Å². The minimum absolute atomic E-state index is 0. The lowest BCUT2D eigenvalue weighted by Crippen LogP contribution is -2.30. The Kier molecular flexibility index (Phi) is 8.40. The van der Waals surface area contributed by atoms with Crippen LogP contribution >= 0.6 is 12.4 Å². The summed E-state index contributed by atoms with van der Waals surface area (Å²) in [4.78, 5) is 2.03. The van der Waals surface area contributed by atoms with Gasteiger partial charge in [0.2, 0.25) is 0 Å². The molecule has 58 valence electrons. The van der Waals surface area contributed by atoms with Crippen LogP contribution in [-0.2, 0) is 0 Å². The lowest BCUT2D eigenvalue weighted by atomic mass is 10.2. The van der Waals surface area contributed by atoms with E-state index in [1.807, 2.05) is 19.0 Å². The van der Waals surface area contributed by atoms with Gasteiger partial charge >= 0.3 is 0 Å². The van der Waals surface area contributed by atoms with Crippen molar-refractivity contribution in [2.45, 2.75) is 19.4 Å². The third-order valence-corrected chi connectivity index (χ3v) is 1.41. The number of nitrogens with zero attached hydrogens (tertiary/aromatic N) is 1. The smallest absolute Gasteiger partial charge is 0.0586 e. The molecular weight excluding hydrogens is 138 g/mol. The number of aliphatic hydroxyl groups is 1. The summed E-state index contributed by atoms with van der Waals surface area (Å²) in [6, 6.07) is 0.343. The molecule has 1 atom stereocenters. The van der Waals surface area contributed by atoms with Gasteiger partial charge in [-0.2, -0.15) is 0 Å². The normalized spacial score (nSPS) is 13.0. The van der Waals surface area contributed by atoms with E-state index >= 15 is 0 Å². The van der Waals surface area contributed by atoms with Gasteiger partial charge in [0.1, 0.15) is 0 Å². The van der Waals surface area contributed by atoms with E-state index in [1.165, 1.54) is 0 Å². The molecule has 0 amide bonds. The minimum Gasteiger partial charge on any atom is -0.395 e. The van der Waals surface area contributed by atoms with E-state index in [9.17, 15) is 0 Å². The summed E-state index contributed by atoms with van der Waals surface area (Å²) in [6.07, 6.45) is 1.02. The molecule has 0 aromatic carbocycles. The topological polar surface area (TPSA) is 23.5 Å². The van der Waals surface area contributed by atoms with Crippen LogP contribution in [-0.4, -0.2) is 36.8 Å². The standard InChI is InChI=1S/C6H15NO.ClH/c1-4-6(5-8)7(2)3;/h6,8H,4-5H2,1-3H3;1H/t6-;/m1./s1. The summed E-state index contributed by atoms with van der Waals surface area (Å²) in [5.41, 5.74) is 0. The van der Waals surface area contributed by atoms with E-state index in [-0.39, 0.29) is 19.0 Å². The van der Waals surface area contributed by atoms with Crippen LogP contribution in [0.25, 0.3) is 0 Å². The van der Waals surface area contributed by atoms with Crippen molar-refractivity contribution in [3.8, 4) is 0 Å². The van der Waals surface area contributed by atoms with Crippen LogP contribution in [0.2, 0.25) is 0 Å². The zero-order valence-electron chi connectivity index (χ0n) is 6.29. The van der Waals surface area contributed by atoms with Gasteiger partial charge in [-0.1, -0.05) is 6.92 Å². The van der Waals surface area contributed by atoms with Gasteiger partial charge in [0.25, 0.3) is 0 Å². The molecule has 0 rings (SSSR count). The number of aliphatic hydroxyl groups excluding tert-OH is 1. The van der Waals surface area contributed by atoms with Crippen LogP contribution in [0.3, 0.4) is 0 Å². The minimum atomic E-state index is 0. The molecule has 0 saturated heterocycles. The largest absolute Gasteiger partial charge is 0.395 e.